The predicted molar refractivity (Wildman–Crippen MR) is 81.2 cm³/mol. The van der Waals surface area contributed by atoms with E-state index in [9.17, 15) is 13.5 Å². The third-order valence-corrected chi connectivity index (χ3v) is 4.14. The summed E-state index contributed by atoms with van der Waals surface area (Å²) >= 11 is 0. The standard InChI is InChI=1S/C15H16N2O3S/c1-11-7-9-13(10-8-11)21(19,20)17-15-6-4-3-5-14(15)16-12(2)18/h3-10,17H,1-2H3,(H,16,18)/p-1. The average molecular weight is 303 g/mol. The first-order chi connectivity index (χ1) is 9.88. The minimum Gasteiger partial charge on any atom is -0.862 e. The Labute approximate surface area is 124 Å². The lowest BCUT2D eigenvalue weighted by atomic mass is 10.2. The number of benzene rings is 2. The number of rotatable bonds is 4. The molecule has 2 aromatic rings. The lowest BCUT2D eigenvalue weighted by Gasteiger charge is -2.12. The maximum atomic E-state index is 12.3. The highest BCUT2D eigenvalue weighted by Gasteiger charge is 2.15. The topological polar surface area (TPSA) is 81.6 Å². The monoisotopic (exact) mass is 303 g/mol. The zero-order chi connectivity index (χ0) is 15.5. The highest BCUT2D eigenvalue weighted by atomic mass is 32.2. The Morgan fingerprint density at radius 1 is 1.10 bits per heavy atom. The van der Waals surface area contributed by atoms with Crippen LogP contribution in [0.25, 0.3) is 0 Å². The van der Waals surface area contributed by atoms with Gasteiger partial charge in [-0.05, 0) is 44.0 Å². The number of nitrogens with zero attached hydrogens (tertiary/aromatic N) is 1. The van der Waals surface area contributed by atoms with Crippen LogP contribution in [-0.2, 0) is 10.0 Å². The van der Waals surface area contributed by atoms with Crippen molar-refractivity contribution in [2.75, 3.05) is 4.72 Å². The van der Waals surface area contributed by atoms with E-state index in [-0.39, 0.29) is 10.6 Å². The normalized spacial score (nSPS) is 12.2. The highest BCUT2D eigenvalue weighted by Crippen LogP contribution is 2.27. The summed E-state index contributed by atoms with van der Waals surface area (Å²) in [4.78, 5) is 3.94. The van der Waals surface area contributed by atoms with Crippen molar-refractivity contribution in [1.82, 2.24) is 0 Å². The van der Waals surface area contributed by atoms with Crippen molar-refractivity contribution in [2.24, 2.45) is 4.99 Å². The molecule has 0 amide bonds. The molecule has 0 aliphatic carbocycles. The van der Waals surface area contributed by atoms with Gasteiger partial charge in [0.2, 0.25) is 0 Å². The Hall–Kier alpha value is -2.34. The number of nitrogens with one attached hydrogen (secondary N) is 1. The van der Waals surface area contributed by atoms with E-state index >= 15 is 0 Å². The summed E-state index contributed by atoms with van der Waals surface area (Å²) in [7, 11) is -3.71. The van der Waals surface area contributed by atoms with Crippen LogP contribution in [0.15, 0.2) is 58.4 Å². The second-order valence-electron chi connectivity index (χ2n) is 4.57. The van der Waals surface area contributed by atoms with Gasteiger partial charge in [-0.3, -0.25) is 9.71 Å². The Bertz CT molecular complexity index is 762. The molecule has 0 heterocycles. The number of hydrogen-bond donors (Lipinski definition) is 1. The third-order valence-electron chi connectivity index (χ3n) is 2.76. The fraction of sp³-hybridized carbons (Fsp3) is 0.133. The zero-order valence-electron chi connectivity index (χ0n) is 11.7. The van der Waals surface area contributed by atoms with Crippen molar-refractivity contribution in [2.45, 2.75) is 18.7 Å². The summed E-state index contributed by atoms with van der Waals surface area (Å²) in [6.45, 7) is 3.19. The van der Waals surface area contributed by atoms with Gasteiger partial charge in [-0.15, -0.1) is 0 Å². The Morgan fingerprint density at radius 3 is 2.33 bits per heavy atom. The molecule has 0 aliphatic heterocycles. The first-order valence-electron chi connectivity index (χ1n) is 6.29. The van der Waals surface area contributed by atoms with E-state index in [1.54, 1.807) is 36.4 Å². The molecular weight excluding hydrogens is 288 g/mol. The van der Waals surface area contributed by atoms with Gasteiger partial charge in [0.1, 0.15) is 0 Å². The Kier molecular flexibility index (Phi) is 4.28. The van der Waals surface area contributed by atoms with Crippen LogP contribution in [0.2, 0.25) is 0 Å². The zero-order valence-corrected chi connectivity index (χ0v) is 12.5. The molecular formula is C15H15N2O3S-. The average Bonchev–Trinajstić information content (AvgIpc) is 2.40. The number of anilines is 1. The molecule has 0 atom stereocenters. The molecule has 21 heavy (non-hydrogen) atoms. The van der Waals surface area contributed by atoms with Crippen LogP contribution >= 0.6 is 0 Å². The van der Waals surface area contributed by atoms with Crippen molar-refractivity contribution in [1.29, 1.82) is 0 Å². The van der Waals surface area contributed by atoms with Crippen LogP contribution < -0.4 is 9.83 Å². The summed E-state index contributed by atoms with van der Waals surface area (Å²) < 4.78 is 27.1. The fourth-order valence-electron chi connectivity index (χ4n) is 1.75. The molecule has 0 saturated carbocycles. The van der Waals surface area contributed by atoms with Crippen LogP contribution in [0.1, 0.15) is 12.5 Å². The summed E-state index contributed by atoms with van der Waals surface area (Å²) in [5, 5.41) is 11.1. The largest absolute Gasteiger partial charge is 0.862 e. The van der Waals surface area contributed by atoms with E-state index in [0.29, 0.717) is 5.69 Å². The summed E-state index contributed by atoms with van der Waals surface area (Å²) in [6, 6.07) is 13.0. The van der Waals surface area contributed by atoms with Crippen LogP contribution in [0.3, 0.4) is 0 Å². The molecule has 5 nitrogen and oxygen atoms in total. The van der Waals surface area contributed by atoms with E-state index in [4.69, 9.17) is 0 Å². The number of sulfonamides is 1. The molecule has 0 aromatic heterocycles. The van der Waals surface area contributed by atoms with E-state index in [0.717, 1.165) is 5.56 Å². The first kappa shape index (κ1) is 15.1. The summed E-state index contributed by atoms with van der Waals surface area (Å²) in [6.07, 6.45) is 0. The first-order valence-corrected chi connectivity index (χ1v) is 7.77. The van der Waals surface area contributed by atoms with E-state index in [2.05, 4.69) is 9.71 Å². The van der Waals surface area contributed by atoms with E-state index in [1.165, 1.54) is 19.1 Å². The van der Waals surface area contributed by atoms with Gasteiger partial charge in [0, 0.05) is 0 Å². The van der Waals surface area contributed by atoms with Gasteiger partial charge < -0.3 is 5.11 Å². The molecule has 0 unspecified atom stereocenters. The maximum Gasteiger partial charge on any atom is 0.261 e. The predicted octanol–water partition coefficient (Wildman–Crippen LogP) is 2.21. The van der Waals surface area contributed by atoms with Gasteiger partial charge in [-0.25, -0.2) is 8.42 Å². The van der Waals surface area contributed by atoms with Gasteiger partial charge in [0.25, 0.3) is 10.0 Å². The molecule has 2 rings (SSSR count). The van der Waals surface area contributed by atoms with Gasteiger partial charge in [-0.1, -0.05) is 29.8 Å². The number of aliphatic imine (C=N–C) groups is 1. The van der Waals surface area contributed by atoms with Crippen LogP contribution in [-0.4, -0.2) is 14.3 Å². The molecule has 6 heteroatoms. The molecule has 0 spiro atoms. The van der Waals surface area contributed by atoms with Gasteiger partial charge in [-0.2, -0.15) is 0 Å². The van der Waals surface area contributed by atoms with Crippen molar-refractivity contribution < 1.29 is 13.5 Å². The Balaban J connectivity index is 2.37. The van der Waals surface area contributed by atoms with E-state index in [1.807, 2.05) is 6.92 Å². The highest BCUT2D eigenvalue weighted by molar-refractivity contribution is 7.92. The molecule has 0 saturated heterocycles. The van der Waals surface area contributed by atoms with Crippen molar-refractivity contribution in [3.8, 4) is 0 Å². The maximum absolute atomic E-state index is 12.3. The summed E-state index contributed by atoms with van der Waals surface area (Å²) in [5.74, 6) is -0.392. The number of para-hydroxylation sites is 2. The molecule has 110 valence electrons. The van der Waals surface area contributed by atoms with Crippen LogP contribution in [0.5, 0.6) is 0 Å². The second-order valence-corrected chi connectivity index (χ2v) is 6.25. The van der Waals surface area contributed by atoms with Gasteiger partial charge in [0.05, 0.1) is 16.3 Å². The SMILES string of the molecule is CC([O-])=Nc1ccccc1NS(=O)(=O)c1ccc(C)cc1. The smallest absolute Gasteiger partial charge is 0.261 e. The van der Waals surface area contributed by atoms with Crippen LogP contribution in [0, 0.1) is 6.92 Å². The third kappa shape index (κ3) is 3.82. The lowest BCUT2D eigenvalue weighted by Crippen LogP contribution is -2.14. The molecule has 0 aliphatic rings. The van der Waals surface area contributed by atoms with Gasteiger partial charge in [0.15, 0.2) is 0 Å². The van der Waals surface area contributed by atoms with Crippen LogP contribution in [0.4, 0.5) is 11.4 Å². The molecule has 0 fully saturated rings. The quantitative estimate of drug-likeness (QED) is 0.694. The minimum absolute atomic E-state index is 0.158. The van der Waals surface area contributed by atoms with E-state index < -0.39 is 15.9 Å². The molecule has 1 N–H and O–H groups in total. The minimum atomic E-state index is -3.71. The second kappa shape index (κ2) is 5.97. The number of hydrogen-bond acceptors (Lipinski definition) is 4. The van der Waals surface area contributed by atoms with Crippen molar-refractivity contribution >= 4 is 27.3 Å². The molecule has 2 aromatic carbocycles. The molecule has 0 radical (unpaired) electrons. The van der Waals surface area contributed by atoms with Crippen molar-refractivity contribution in [3.63, 3.8) is 0 Å². The fourth-order valence-corrected chi connectivity index (χ4v) is 2.82. The Morgan fingerprint density at radius 2 is 1.71 bits per heavy atom. The van der Waals surface area contributed by atoms with Gasteiger partial charge >= 0.3 is 0 Å². The molecule has 0 bridgehead atoms. The van der Waals surface area contributed by atoms with Crippen molar-refractivity contribution in [3.05, 3.63) is 54.1 Å². The summed E-state index contributed by atoms with van der Waals surface area (Å²) in [5.41, 5.74) is 1.54. The lowest BCUT2D eigenvalue weighted by molar-refractivity contribution is -0.215. The number of aryl methyl sites for hydroxylation is 1.